The van der Waals surface area contributed by atoms with Gasteiger partial charge in [0, 0.05) is 17.1 Å². The zero-order valence-electron chi connectivity index (χ0n) is 15.0. The van der Waals surface area contributed by atoms with E-state index < -0.39 is 11.3 Å². The Labute approximate surface area is 175 Å². The van der Waals surface area contributed by atoms with Gasteiger partial charge in [-0.3, -0.25) is 10.1 Å². The largest absolute Gasteiger partial charge is 0.360 e. The number of benzene rings is 1. The van der Waals surface area contributed by atoms with Crippen molar-refractivity contribution in [3.05, 3.63) is 52.7 Å². The minimum atomic E-state index is -0.558. The molecule has 10 heteroatoms. The summed E-state index contributed by atoms with van der Waals surface area (Å²) in [6.07, 6.45) is 0.926. The molecule has 28 heavy (non-hydrogen) atoms. The van der Waals surface area contributed by atoms with Crippen molar-refractivity contribution < 1.29 is 9.59 Å². The summed E-state index contributed by atoms with van der Waals surface area (Å²) < 4.78 is 0.671. The molecule has 1 atom stereocenters. The molecule has 0 saturated carbocycles. The first-order valence-corrected chi connectivity index (χ1v) is 11.1. The number of aromatic nitrogens is 2. The van der Waals surface area contributed by atoms with Crippen molar-refractivity contribution in [3.8, 4) is 0 Å². The van der Waals surface area contributed by atoms with Crippen molar-refractivity contribution in [2.45, 2.75) is 22.9 Å². The van der Waals surface area contributed by atoms with Crippen LogP contribution in [0.1, 0.15) is 11.8 Å². The highest BCUT2D eigenvalue weighted by molar-refractivity contribution is 8.02. The van der Waals surface area contributed by atoms with Crippen LogP contribution in [0.3, 0.4) is 0 Å². The molecule has 0 saturated heterocycles. The predicted octanol–water partition coefficient (Wildman–Crippen LogP) is 4.08. The molecular formula is C18H19N5O2S3. The maximum absolute atomic E-state index is 12.2. The molecule has 3 N–H and O–H groups in total. The average Bonchev–Trinajstić information content (AvgIpc) is 3.35. The van der Waals surface area contributed by atoms with Gasteiger partial charge in [-0.05, 0) is 36.9 Å². The van der Waals surface area contributed by atoms with E-state index in [2.05, 4.69) is 37.6 Å². The van der Waals surface area contributed by atoms with Crippen LogP contribution in [0, 0.1) is 0 Å². The van der Waals surface area contributed by atoms with Crippen LogP contribution in [0.15, 0.2) is 52.2 Å². The zero-order chi connectivity index (χ0) is 19.8. The normalized spacial score (nSPS) is 11.6. The lowest BCUT2D eigenvalue weighted by molar-refractivity contribution is -0.119. The number of thiophene rings is 1. The third kappa shape index (κ3) is 6.32. The van der Waals surface area contributed by atoms with E-state index in [4.69, 9.17) is 0 Å². The summed E-state index contributed by atoms with van der Waals surface area (Å²) in [6, 6.07) is 12.5. The molecule has 0 aliphatic heterocycles. The molecule has 7 nitrogen and oxygen atoms in total. The van der Waals surface area contributed by atoms with E-state index in [1.807, 2.05) is 12.1 Å². The zero-order valence-corrected chi connectivity index (χ0v) is 17.5. The molecule has 0 aliphatic carbocycles. The number of para-hydroxylation sites is 1. The predicted molar refractivity (Wildman–Crippen MR) is 115 cm³/mol. The molecule has 3 rings (SSSR count). The van der Waals surface area contributed by atoms with Crippen LogP contribution in [0.5, 0.6) is 0 Å². The van der Waals surface area contributed by atoms with Crippen LogP contribution >= 0.6 is 34.4 Å². The summed E-state index contributed by atoms with van der Waals surface area (Å²) in [4.78, 5) is 25.4. The minimum absolute atomic E-state index is 0.388. The number of nitrogens with zero attached hydrogens (tertiary/aromatic N) is 2. The number of carbonyl (C=O) groups excluding carboxylic acids is 2. The molecule has 0 aliphatic rings. The van der Waals surface area contributed by atoms with Gasteiger partial charge in [0.1, 0.15) is 0 Å². The smallest absolute Gasteiger partial charge is 0.325 e. The molecule has 3 aromatic rings. The number of rotatable bonds is 8. The molecule has 0 bridgehead atoms. The van der Waals surface area contributed by atoms with Gasteiger partial charge >= 0.3 is 6.03 Å². The van der Waals surface area contributed by atoms with Crippen LogP contribution in [-0.4, -0.2) is 33.9 Å². The summed E-state index contributed by atoms with van der Waals surface area (Å²) in [6.45, 7) is 2.50. The summed E-state index contributed by atoms with van der Waals surface area (Å²) in [5.74, 6) is -0.388. The summed E-state index contributed by atoms with van der Waals surface area (Å²) in [7, 11) is 0. The van der Waals surface area contributed by atoms with Crippen molar-refractivity contribution >= 4 is 57.2 Å². The monoisotopic (exact) mass is 433 g/mol. The molecular weight excluding hydrogens is 414 g/mol. The number of hydrogen-bond acceptors (Lipinski definition) is 8. The SMILES string of the molecule is CC(Sc1nnc(NCCc2cccs2)s1)C(=O)NC(=O)Nc1ccccc1. The van der Waals surface area contributed by atoms with Crippen LogP contribution in [0.4, 0.5) is 15.6 Å². The van der Waals surface area contributed by atoms with Gasteiger partial charge in [-0.25, -0.2) is 4.79 Å². The molecule has 1 aromatic carbocycles. The highest BCUT2D eigenvalue weighted by atomic mass is 32.2. The number of hydrogen-bond donors (Lipinski definition) is 3. The molecule has 0 radical (unpaired) electrons. The third-order valence-electron chi connectivity index (χ3n) is 3.55. The Bertz CT molecular complexity index is 899. The fourth-order valence-electron chi connectivity index (χ4n) is 2.18. The Hall–Kier alpha value is -2.43. The molecule has 146 valence electrons. The molecule has 3 amide bonds. The number of anilines is 2. The van der Waals surface area contributed by atoms with E-state index in [0.717, 1.165) is 13.0 Å². The standard InChI is InChI=1S/C18H19N5O2S3/c1-12(15(24)21-16(25)20-13-6-3-2-4-7-13)27-18-23-22-17(28-18)19-10-9-14-8-5-11-26-14/h2-8,11-12H,9-10H2,1H3,(H,19,22)(H2,20,21,24,25). The Morgan fingerprint density at radius 3 is 2.71 bits per heavy atom. The second kappa shape index (κ2) is 10.2. The topological polar surface area (TPSA) is 96.0 Å². The van der Waals surface area contributed by atoms with Gasteiger partial charge in [-0.2, -0.15) is 0 Å². The van der Waals surface area contributed by atoms with Crippen LogP contribution in [-0.2, 0) is 11.2 Å². The van der Waals surface area contributed by atoms with Gasteiger partial charge in [0.15, 0.2) is 4.34 Å². The first-order chi connectivity index (χ1) is 13.6. The maximum Gasteiger partial charge on any atom is 0.325 e. The van der Waals surface area contributed by atoms with E-state index in [1.54, 1.807) is 42.5 Å². The van der Waals surface area contributed by atoms with Gasteiger partial charge in [0.05, 0.1) is 5.25 Å². The first kappa shape index (κ1) is 20.3. The Balaban J connectivity index is 1.42. The van der Waals surface area contributed by atoms with Crippen molar-refractivity contribution in [2.24, 2.45) is 0 Å². The number of carbonyl (C=O) groups is 2. The van der Waals surface area contributed by atoms with E-state index in [0.29, 0.717) is 15.2 Å². The number of urea groups is 1. The number of amides is 3. The molecule has 2 aromatic heterocycles. The quantitative estimate of drug-likeness (QED) is 0.463. The lowest BCUT2D eigenvalue weighted by Gasteiger charge is -2.10. The van der Waals surface area contributed by atoms with Crippen LogP contribution in [0.2, 0.25) is 0 Å². The fraction of sp³-hybridized carbons (Fsp3) is 0.222. The van der Waals surface area contributed by atoms with Crippen molar-refractivity contribution in [1.82, 2.24) is 15.5 Å². The third-order valence-corrected chi connectivity index (χ3v) is 6.55. The fourth-order valence-corrected chi connectivity index (χ4v) is 4.81. The highest BCUT2D eigenvalue weighted by Gasteiger charge is 2.19. The summed E-state index contributed by atoms with van der Waals surface area (Å²) in [5, 5.41) is 18.7. The van der Waals surface area contributed by atoms with E-state index >= 15 is 0 Å². The summed E-state index contributed by atoms with van der Waals surface area (Å²) >= 11 is 4.38. The number of nitrogens with one attached hydrogen (secondary N) is 3. The van der Waals surface area contributed by atoms with Crippen molar-refractivity contribution in [3.63, 3.8) is 0 Å². The maximum atomic E-state index is 12.2. The second-order valence-corrected chi connectivity index (χ2v) is 9.30. The number of thioether (sulfide) groups is 1. The Morgan fingerprint density at radius 2 is 1.96 bits per heavy atom. The second-order valence-electron chi connectivity index (χ2n) is 5.70. The number of imide groups is 1. The minimum Gasteiger partial charge on any atom is -0.360 e. The average molecular weight is 434 g/mol. The van der Waals surface area contributed by atoms with Crippen LogP contribution < -0.4 is 16.0 Å². The van der Waals surface area contributed by atoms with E-state index in [9.17, 15) is 9.59 Å². The van der Waals surface area contributed by atoms with Gasteiger partial charge in [-0.1, -0.05) is 47.4 Å². The lowest BCUT2D eigenvalue weighted by Crippen LogP contribution is -2.38. The first-order valence-electron chi connectivity index (χ1n) is 8.53. The van der Waals surface area contributed by atoms with Crippen LogP contribution in [0.25, 0.3) is 0 Å². The molecule has 1 unspecified atom stereocenters. The molecule has 0 spiro atoms. The van der Waals surface area contributed by atoms with E-state index in [1.165, 1.54) is 28.0 Å². The van der Waals surface area contributed by atoms with Gasteiger partial charge < -0.3 is 10.6 Å². The molecule has 0 fully saturated rings. The van der Waals surface area contributed by atoms with E-state index in [-0.39, 0.29) is 5.91 Å². The van der Waals surface area contributed by atoms with Gasteiger partial charge in [0.2, 0.25) is 11.0 Å². The van der Waals surface area contributed by atoms with Gasteiger partial charge in [-0.15, -0.1) is 21.5 Å². The Morgan fingerprint density at radius 1 is 1.14 bits per heavy atom. The summed E-state index contributed by atoms with van der Waals surface area (Å²) in [5.41, 5.74) is 0.621. The highest BCUT2D eigenvalue weighted by Crippen LogP contribution is 2.29. The molecule has 2 heterocycles. The Kier molecular flexibility index (Phi) is 7.40. The van der Waals surface area contributed by atoms with Crippen molar-refractivity contribution in [2.75, 3.05) is 17.2 Å². The van der Waals surface area contributed by atoms with Crippen molar-refractivity contribution in [1.29, 1.82) is 0 Å². The van der Waals surface area contributed by atoms with Gasteiger partial charge in [0.25, 0.3) is 0 Å². The lowest BCUT2D eigenvalue weighted by atomic mass is 10.3.